The zero-order chi connectivity index (χ0) is 13.4. The topological polar surface area (TPSA) is 46.3 Å². The Hall–Kier alpha value is -1.20. The smallest absolute Gasteiger partial charge is 0.271 e. The molecule has 0 fully saturated rings. The van der Waals surface area contributed by atoms with Gasteiger partial charge in [-0.2, -0.15) is 0 Å². The molecule has 0 heterocycles. The van der Waals surface area contributed by atoms with Crippen molar-refractivity contribution >= 4 is 17.5 Å². The summed E-state index contributed by atoms with van der Waals surface area (Å²) in [5.74, 6) is 2.48. The first-order chi connectivity index (χ1) is 7.66. The fraction of sp³-hybridized carbons (Fsp3) is 0.364. The van der Waals surface area contributed by atoms with E-state index in [0.29, 0.717) is 0 Å². The molecule has 6 heteroatoms. The Morgan fingerprint density at radius 2 is 1.88 bits per heavy atom. The van der Waals surface area contributed by atoms with Crippen LogP contribution < -0.4 is 5.84 Å². The standard InChI is InChI=1S/C11H13ClF2N2O/c1-11(2,3)16(15)10(17)8-7(13)5-4-6(12)9(8)14/h4-5H,15H2,1-3H3. The monoisotopic (exact) mass is 262 g/mol. The number of nitrogens with two attached hydrogens (primary N) is 1. The molecule has 0 aliphatic rings. The molecule has 0 spiro atoms. The highest BCUT2D eigenvalue weighted by atomic mass is 35.5. The molecule has 17 heavy (non-hydrogen) atoms. The van der Waals surface area contributed by atoms with Gasteiger partial charge >= 0.3 is 0 Å². The van der Waals surface area contributed by atoms with Crippen molar-refractivity contribution in [1.82, 2.24) is 5.01 Å². The molecule has 0 saturated heterocycles. The summed E-state index contributed by atoms with van der Waals surface area (Å²) >= 11 is 5.50. The lowest BCUT2D eigenvalue weighted by Gasteiger charge is -2.31. The van der Waals surface area contributed by atoms with Gasteiger partial charge in [-0.1, -0.05) is 11.6 Å². The maximum Gasteiger partial charge on any atom is 0.274 e. The minimum Gasteiger partial charge on any atom is -0.271 e. The van der Waals surface area contributed by atoms with E-state index in [4.69, 9.17) is 17.4 Å². The van der Waals surface area contributed by atoms with Gasteiger partial charge in [0.05, 0.1) is 10.6 Å². The number of hydrogen-bond acceptors (Lipinski definition) is 2. The Morgan fingerprint density at radius 1 is 1.35 bits per heavy atom. The molecule has 3 nitrogen and oxygen atoms in total. The predicted molar refractivity (Wildman–Crippen MR) is 61.5 cm³/mol. The number of nitrogens with zero attached hydrogens (tertiary/aromatic N) is 1. The summed E-state index contributed by atoms with van der Waals surface area (Å²) in [4.78, 5) is 11.8. The molecular formula is C11H13ClF2N2O. The highest BCUT2D eigenvalue weighted by Gasteiger charge is 2.29. The lowest BCUT2D eigenvalue weighted by Crippen LogP contribution is -2.51. The lowest BCUT2D eigenvalue weighted by molar-refractivity contribution is 0.0572. The Bertz CT molecular complexity index is 458. The highest BCUT2D eigenvalue weighted by molar-refractivity contribution is 6.31. The van der Waals surface area contributed by atoms with Gasteiger partial charge in [0.2, 0.25) is 0 Å². The van der Waals surface area contributed by atoms with Crippen LogP contribution in [0.25, 0.3) is 0 Å². The summed E-state index contributed by atoms with van der Waals surface area (Å²) in [6.45, 7) is 4.93. The Balaban J connectivity index is 3.26. The summed E-state index contributed by atoms with van der Waals surface area (Å²) in [5.41, 5.74) is -1.49. The summed E-state index contributed by atoms with van der Waals surface area (Å²) in [5, 5.41) is 0.447. The van der Waals surface area contributed by atoms with E-state index in [9.17, 15) is 13.6 Å². The first-order valence-corrected chi connectivity index (χ1v) is 5.27. The van der Waals surface area contributed by atoms with Crippen molar-refractivity contribution in [3.05, 3.63) is 34.4 Å². The van der Waals surface area contributed by atoms with Gasteiger partial charge in [0.1, 0.15) is 11.4 Å². The molecule has 0 unspecified atom stereocenters. The van der Waals surface area contributed by atoms with Gasteiger partial charge in [0.25, 0.3) is 5.91 Å². The van der Waals surface area contributed by atoms with Crippen LogP contribution in [0.2, 0.25) is 5.02 Å². The third kappa shape index (κ3) is 2.73. The van der Waals surface area contributed by atoms with Crippen molar-refractivity contribution in [2.45, 2.75) is 26.3 Å². The number of hydrogen-bond donors (Lipinski definition) is 1. The number of carbonyl (C=O) groups excluding carboxylic acids is 1. The van der Waals surface area contributed by atoms with Gasteiger partial charge in [0, 0.05) is 0 Å². The second kappa shape index (κ2) is 4.58. The highest BCUT2D eigenvalue weighted by Crippen LogP contribution is 2.23. The van der Waals surface area contributed by atoms with E-state index in [1.807, 2.05) is 0 Å². The molecule has 2 N–H and O–H groups in total. The van der Waals surface area contributed by atoms with E-state index in [2.05, 4.69) is 0 Å². The van der Waals surface area contributed by atoms with Crippen LogP contribution in [0.1, 0.15) is 31.1 Å². The molecule has 1 aromatic rings. The molecule has 0 aromatic heterocycles. The van der Waals surface area contributed by atoms with Crippen molar-refractivity contribution in [3.8, 4) is 0 Å². The lowest BCUT2D eigenvalue weighted by atomic mass is 10.1. The first-order valence-electron chi connectivity index (χ1n) is 4.89. The maximum atomic E-state index is 13.6. The molecule has 0 saturated carbocycles. The Morgan fingerprint density at radius 3 is 2.35 bits per heavy atom. The Labute approximate surface area is 103 Å². The zero-order valence-electron chi connectivity index (χ0n) is 9.72. The van der Waals surface area contributed by atoms with Crippen molar-refractivity contribution in [3.63, 3.8) is 0 Å². The van der Waals surface area contributed by atoms with Crippen LogP contribution >= 0.6 is 11.6 Å². The van der Waals surface area contributed by atoms with Crippen LogP contribution in [0.15, 0.2) is 12.1 Å². The summed E-state index contributed by atoms with van der Waals surface area (Å²) in [7, 11) is 0. The average molecular weight is 263 g/mol. The van der Waals surface area contributed by atoms with Crippen LogP contribution in [-0.2, 0) is 0 Å². The average Bonchev–Trinajstić information content (AvgIpc) is 2.21. The fourth-order valence-electron chi connectivity index (χ4n) is 1.15. The molecule has 1 amide bonds. The quantitative estimate of drug-likeness (QED) is 0.366. The van der Waals surface area contributed by atoms with Crippen LogP contribution in [0, 0.1) is 11.6 Å². The van der Waals surface area contributed by atoms with Crippen molar-refractivity contribution < 1.29 is 13.6 Å². The zero-order valence-corrected chi connectivity index (χ0v) is 10.5. The number of benzene rings is 1. The first kappa shape index (κ1) is 13.9. The van der Waals surface area contributed by atoms with Crippen molar-refractivity contribution in [2.24, 2.45) is 5.84 Å². The molecule has 0 bridgehead atoms. The van der Waals surface area contributed by atoms with Crippen LogP contribution in [0.5, 0.6) is 0 Å². The third-order valence-corrected chi connectivity index (χ3v) is 2.49. The number of rotatable bonds is 1. The summed E-state index contributed by atoms with van der Waals surface area (Å²) in [6.07, 6.45) is 0. The number of carbonyl (C=O) groups is 1. The van der Waals surface area contributed by atoms with Gasteiger partial charge in [0.15, 0.2) is 5.82 Å². The minimum atomic E-state index is -1.10. The number of halogens is 3. The fourth-order valence-corrected chi connectivity index (χ4v) is 1.31. The van der Waals surface area contributed by atoms with Gasteiger partial charge in [-0.3, -0.25) is 9.80 Å². The largest absolute Gasteiger partial charge is 0.274 e. The molecule has 0 aliphatic heterocycles. The number of hydrazine groups is 1. The van der Waals surface area contributed by atoms with E-state index in [0.717, 1.165) is 17.1 Å². The van der Waals surface area contributed by atoms with Crippen LogP contribution in [0.4, 0.5) is 8.78 Å². The summed E-state index contributed by atoms with van der Waals surface area (Å²) < 4.78 is 27.0. The van der Waals surface area contributed by atoms with Crippen molar-refractivity contribution in [1.29, 1.82) is 0 Å². The number of amides is 1. The second-order valence-corrected chi connectivity index (χ2v) is 4.97. The van der Waals surface area contributed by atoms with Gasteiger partial charge in [-0.25, -0.2) is 14.6 Å². The van der Waals surface area contributed by atoms with E-state index >= 15 is 0 Å². The molecular weight excluding hydrogens is 250 g/mol. The SMILES string of the molecule is CC(C)(C)N(N)C(=O)c1c(F)ccc(Cl)c1F. The molecule has 1 rings (SSSR count). The maximum absolute atomic E-state index is 13.6. The van der Waals surface area contributed by atoms with E-state index in [1.54, 1.807) is 20.8 Å². The molecule has 0 radical (unpaired) electrons. The minimum absolute atomic E-state index is 0.322. The summed E-state index contributed by atoms with van der Waals surface area (Å²) in [6, 6.07) is 1.97. The van der Waals surface area contributed by atoms with Gasteiger partial charge in [-0.05, 0) is 32.9 Å². The molecule has 0 aliphatic carbocycles. The van der Waals surface area contributed by atoms with Gasteiger partial charge < -0.3 is 0 Å². The Kier molecular flexibility index (Phi) is 3.74. The van der Waals surface area contributed by atoms with Crippen LogP contribution in [-0.4, -0.2) is 16.5 Å². The molecule has 0 atom stereocenters. The van der Waals surface area contributed by atoms with Gasteiger partial charge in [-0.15, -0.1) is 0 Å². The molecule has 94 valence electrons. The molecule has 1 aromatic carbocycles. The van der Waals surface area contributed by atoms with E-state index in [1.165, 1.54) is 0 Å². The third-order valence-electron chi connectivity index (χ3n) is 2.20. The van der Waals surface area contributed by atoms with E-state index < -0.39 is 28.6 Å². The second-order valence-electron chi connectivity index (χ2n) is 4.56. The predicted octanol–water partition coefficient (Wildman–Crippen LogP) is 2.73. The van der Waals surface area contributed by atoms with Crippen molar-refractivity contribution in [2.75, 3.05) is 0 Å². The van der Waals surface area contributed by atoms with E-state index in [-0.39, 0.29) is 5.02 Å². The van der Waals surface area contributed by atoms with Crippen LogP contribution in [0.3, 0.4) is 0 Å². The normalized spacial score (nSPS) is 11.5.